The SMILES string of the molecule is COCn1nc(C(N)=O)c2c1CC(c1ccccc1)(c1ccccn1)C=C2. The molecule has 3 aromatic rings. The van der Waals surface area contributed by atoms with Gasteiger partial charge in [0.25, 0.3) is 5.91 Å². The van der Waals surface area contributed by atoms with Crippen molar-refractivity contribution in [1.29, 1.82) is 0 Å². The minimum absolute atomic E-state index is 0.247. The molecule has 4 rings (SSSR count). The van der Waals surface area contributed by atoms with Crippen molar-refractivity contribution in [2.45, 2.75) is 18.6 Å². The molecule has 1 aromatic carbocycles. The van der Waals surface area contributed by atoms with E-state index in [1.54, 1.807) is 18.0 Å². The molecule has 2 N–H and O–H groups in total. The molecular formula is C21H20N4O2. The number of primary amides is 1. The number of nitrogens with two attached hydrogens (primary N) is 1. The van der Waals surface area contributed by atoms with Gasteiger partial charge in [0.2, 0.25) is 0 Å². The second-order valence-corrected chi connectivity index (χ2v) is 6.55. The predicted molar refractivity (Wildman–Crippen MR) is 102 cm³/mol. The molecule has 1 aliphatic rings. The number of aromatic nitrogens is 3. The molecule has 1 atom stereocenters. The summed E-state index contributed by atoms with van der Waals surface area (Å²) in [6, 6.07) is 16.1. The monoisotopic (exact) mass is 360 g/mol. The number of ether oxygens (including phenoxy) is 1. The molecule has 0 aliphatic heterocycles. The zero-order valence-electron chi connectivity index (χ0n) is 15.0. The fourth-order valence-corrected chi connectivity index (χ4v) is 3.72. The first kappa shape index (κ1) is 17.2. The van der Waals surface area contributed by atoms with Crippen LogP contribution in [0.4, 0.5) is 0 Å². The Morgan fingerprint density at radius 1 is 1.22 bits per heavy atom. The van der Waals surface area contributed by atoms with Crippen molar-refractivity contribution in [2.75, 3.05) is 7.11 Å². The molecule has 136 valence electrons. The third-order valence-electron chi connectivity index (χ3n) is 4.97. The lowest BCUT2D eigenvalue weighted by Crippen LogP contribution is -2.32. The molecular weight excluding hydrogens is 340 g/mol. The molecule has 27 heavy (non-hydrogen) atoms. The van der Waals surface area contributed by atoms with Crippen LogP contribution < -0.4 is 5.73 Å². The van der Waals surface area contributed by atoms with E-state index >= 15 is 0 Å². The predicted octanol–water partition coefficient (Wildman–Crippen LogP) is 2.54. The van der Waals surface area contributed by atoms with Crippen LogP contribution >= 0.6 is 0 Å². The van der Waals surface area contributed by atoms with E-state index in [1.807, 2.05) is 42.5 Å². The zero-order chi connectivity index (χ0) is 18.9. The first-order valence-corrected chi connectivity index (χ1v) is 8.70. The number of hydrogen-bond donors (Lipinski definition) is 1. The fourth-order valence-electron chi connectivity index (χ4n) is 3.72. The van der Waals surface area contributed by atoms with Crippen LogP contribution in [0.25, 0.3) is 6.08 Å². The van der Waals surface area contributed by atoms with Gasteiger partial charge < -0.3 is 10.5 Å². The zero-order valence-corrected chi connectivity index (χ0v) is 15.0. The molecule has 0 fully saturated rings. The van der Waals surface area contributed by atoms with E-state index in [1.165, 1.54) is 0 Å². The molecule has 0 saturated carbocycles. The Balaban J connectivity index is 1.93. The van der Waals surface area contributed by atoms with Crippen molar-refractivity contribution in [3.8, 4) is 0 Å². The van der Waals surface area contributed by atoms with Gasteiger partial charge in [0.1, 0.15) is 6.73 Å². The van der Waals surface area contributed by atoms with E-state index < -0.39 is 11.3 Å². The van der Waals surface area contributed by atoms with Crippen LogP contribution in [0, 0.1) is 0 Å². The quantitative estimate of drug-likeness (QED) is 0.758. The Morgan fingerprint density at radius 2 is 2.00 bits per heavy atom. The summed E-state index contributed by atoms with van der Waals surface area (Å²) in [6.07, 6.45) is 6.42. The van der Waals surface area contributed by atoms with Crippen LogP contribution in [0.2, 0.25) is 0 Å². The lowest BCUT2D eigenvalue weighted by atomic mass is 9.70. The van der Waals surface area contributed by atoms with Gasteiger partial charge in [-0.05, 0) is 17.7 Å². The van der Waals surface area contributed by atoms with Gasteiger partial charge in [-0.3, -0.25) is 9.78 Å². The number of carbonyl (C=O) groups is 1. The van der Waals surface area contributed by atoms with E-state index in [0.717, 1.165) is 22.5 Å². The summed E-state index contributed by atoms with van der Waals surface area (Å²) in [7, 11) is 1.60. The Labute approximate surface area is 157 Å². The second kappa shape index (κ2) is 6.81. The van der Waals surface area contributed by atoms with E-state index in [-0.39, 0.29) is 12.4 Å². The van der Waals surface area contributed by atoms with E-state index in [2.05, 4.69) is 28.3 Å². The Kier molecular flexibility index (Phi) is 4.33. The Bertz CT molecular complexity index is 954. The highest BCUT2D eigenvalue weighted by atomic mass is 16.5. The maximum absolute atomic E-state index is 11.9. The van der Waals surface area contributed by atoms with Crippen molar-refractivity contribution in [3.05, 3.63) is 89.0 Å². The summed E-state index contributed by atoms with van der Waals surface area (Å²) in [4.78, 5) is 16.5. The molecule has 6 nitrogen and oxygen atoms in total. The van der Waals surface area contributed by atoms with Crippen molar-refractivity contribution in [1.82, 2.24) is 14.8 Å². The largest absolute Gasteiger partial charge is 0.364 e. The fraction of sp³-hybridized carbons (Fsp3) is 0.190. The average molecular weight is 360 g/mol. The van der Waals surface area contributed by atoms with Crippen LogP contribution in [-0.2, 0) is 23.3 Å². The van der Waals surface area contributed by atoms with E-state index in [0.29, 0.717) is 6.42 Å². The van der Waals surface area contributed by atoms with Gasteiger partial charge in [0.05, 0.1) is 16.8 Å². The normalized spacial score (nSPS) is 18.3. The number of pyridine rings is 1. The minimum Gasteiger partial charge on any atom is -0.364 e. The van der Waals surface area contributed by atoms with E-state index in [9.17, 15) is 4.79 Å². The Morgan fingerprint density at radius 3 is 2.67 bits per heavy atom. The molecule has 6 heteroatoms. The number of methoxy groups -OCH3 is 1. The maximum Gasteiger partial charge on any atom is 0.269 e. The summed E-state index contributed by atoms with van der Waals surface area (Å²) in [6.45, 7) is 0.247. The summed E-state index contributed by atoms with van der Waals surface area (Å²) in [5, 5.41) is 4.38. The standard InChI is InChI=1S/C21H20N4O2/c1-27-14-25-17-13-21(15-7-3-2-4-8-15,18-9-5-6-12-23-18)11-10-16(17)19(24-25)20(22)26/h2-12H,13-14H2,1H3,(H2,22,26). The summed E-state index contributed by atoms with van der Waals surface area (Å²) in [5.74, 6) is -0.546. The molecule has 1 unspecified atom stereocenters. The lowest BCUT2D eigenvalue weighted by molar-refractivity contribution is 0.0985. The molecule has 1 amide bonds. The second-order valence-electron chi connectivity index (χ2n) is 6.55. The summed E-state index contributed by atoms with van der Waals surface area (Å²) in [5.41, 5.74) is 9.05. The maximum atomic E-state index is 11.9. The molecule has 0 saturated heterocycles. The molecule has 1 aliphatic carbocycles. The molecule has 2 heterocycles. The number of amides is 1. The van der Waals surface area contributed by atoms with Crippen LogP contribution in [0.1, 0.15) is 33.0 Å². The van der Waals surface area contributed by atoms with Crippen molar-refractivity contribution >= 4 is 12.0 Å². The summed E-state index contributed by atoms with van der Waals surface area (Å²) < 4.78 is 6.98. The van der Waals surface area contributed by atoms with Crippen LogP contribution in [0.3, 0.4) is 0 Å². The lowest BCUT2D eigenvalue weighted by Gasteiger charge is -2.34. The van der Waals surface area contributed by atoms with Gasteiger partial charge in [0.15, 0.2) is 5.69 Å². The van der Waals surface area contributed by atoms with Crippen molar-refractivity contribution < 1.29 is 9.53 Å². The van der Waals surface area contributed by atoms with Crippen LogP contribution in [0.5, 0.6) is 0 Å². The first-order chi connectivity index (χ1) is 13.2. The number of rotatable bonds is 5. The number of fused-ring (bicyclic) bond motifs is 1. The molecule has 0 spiro atoms. The van der Waals surface area contributed by atoms with Gasteiger partial charge >= 0.3 is 0 Å². The van der Waals surface area contributed by atoms with Gasteiger partial charge in [-0.15, -0.1) is 0 Å². The highest BCUT2D eigenvalue weighted by molar-refractivity contribution is 5.95. The van der Waals surface area contributed by atoms with Crippen molar-refractivity contribution in [2.24, 2.45) is 5.73 Å². The highest BCUT2D eigenvalue weighted by Crippen LogP contribution is 2.41. The molecule has 0 bridgehead atoms. The third kappa shape index (κ3) is 2.84. The van der Waals surface area contributed by atoms with Crippen LogP contribution in [-0.4, -0.2) is 27.8 Å². The summed E-state index contributed by atoms with van der Waals surface area (Å²) >= 11 is 0. The third-order valence-corrected chi connectivity index (χ3v) is 4.97. The van der Waals surface area contributed by atoms with Crippen molar-refractivity contribution in [3.63, 3.8) is 0 Å². The topological polar surface area (TPSA) is 83.0 Å². The number of benzene rings is 1. The van der Waals surface area contributed by atoms with Crippen LogP contribution in [0.15, 0.2) is 60.8 Å². The first-order valence-electron chi connectivity index (χ1n) is 8.70. The van der Waals surface area contributed by atoms with Gasteiger partial charge in [-0.25, -0.2) is 4.68 Å². The Hall–Kier alpha value is -3.25. The van der Waals surface area contributed by atoms with Gasteiger partial charge in [-0.1, -0.05) is 48.6 Å². The van der Waals surface area contributed by atoms with E-state index in [4.69, 9.17) is 10.5 Å². The number of hydrogen-bond acceptors (Lipinski definition) is 4. The number of allylic oxidation sites excluding steroid dienone is 1. The molecule has 2 aromatic heterocycles. The smallest absolute Gasteiger partial charge is 0.269 e. The molecule has 0 radical (unpaired) electrons. The highest BCUT2D eigenvalue weighted by Gasteiger charge is 2.39. The van der Waals surface area contributed by atoms with Gasteiger partial charge in [0, 0.05) is 25.3 Å². The van der Waals surface area contributed by atoms with Gasteiger partial charge in [-0.2, -0.15) is 5.10 Å². The number of nitrogens with zero attached hydrogens (tertiary/aromatic N) is 3. The minimum atomic E-state index is -0.546. The average Bonchev–Trinajstić information content (AvgIpc) is 3.07. The number of carbonyl (C=O) groups excluding carboxylic acids is 1.